The van der Waals surface area contributed by atoms with Crippen LogP contribution in [0.1, 0.15) is 41.3 Å². The largest absolute Gasteiger partial charge is 0.462 e. The number of carbonyl (C=O) groups excluding carboxylic acids is 1. The summed E-state index contributed by atoms with van der Waals surface area (Å²) in [6.07, 6.45) is 1.14. The third kappa shape index (κ3) is 3.24. The van der Waals surface area contributed by atoms with Crippen molar-refractivity contribution in [2.45, 2.75) is 40.2 Å². The van der Waals surface area contributed by atoms with Gasteiger partial charge in [0.2, 0.25) is 0 Å². The Labute approximate surface area is 150 Å². The van der Waals surface area contributed by atoms with E-state index in [-0.39, 0.29) is 5.97 Å². The molecule has 1 fully saturated rings. The fourth-order valence-electron chi connectivity index (χ4n) is 3.03. The molecule has 0 unspecified atom stereocenters. The van der Waals surface area contributed by atoms with Crippen LogP contribution in [-0.2, 0) is 4.74 Å². The standard InChI is InChI=1S/C17H23N3O2S2/c1-5-22-17(21)14-11(3)13-15(18-12(4)19-16(13)24-14)20-7-9-23-8-6-10(20)2/h10H,5-9H2,1-4H3/t10-/m0/s1. The van der Waals surface area contributed by atoms with Crippen LogP contribution in [0.15, 0.2) is 0 Å². The molecule has 1 saturated heterocycles. The Balaban J connectivity index is 2.14. The molecule has 1 aliphatic rings. The van der Waals surface area contributed by atoms with Crippen LogP contribution in [0.2, 0.25) is 0 Å². The number of esters is 1. The predicted molar refractivity (Wildman–Crippen MR) is 102 cm³/mol. The van der Waals surface area contributed by atoms with Crippen molar-refractivity contribution in [1.29, 1.82) is 0 Å². The summed E-state index contributed by atoms with van der Waals surface area (Å²) in [5, 5.41) is 1.01. The van der Waals surface area contributed by atoms with Crippen LogP contribution in [0.4, 0.5) is 5.82 Å². The van der Waals surface area contributed by atoms with E-state index < -0.39 is 0 Å². The first-order chi connectivity index (χ1) is 11.5. The molecule has 130 valence electrons. The Hall–Kier alpha value is -1.34. The molecule has 5 nitrogen and oxygen atoms in total. The Morgan fingerprint density at radius 2 is 2.12 bits per heavy atom. The summed E-state index contributed by atoms with van der Waals surface area (Å²) in [7, 11) is 0. The number of aryl methyl sites for hydroxylation is 2. The van der Waals surface area contributed by atoms with Gasteiger partial charge in [-0.3, -0.25) is 0 Å². The third-order valence-electron chi connectivity index (χ3n) is 4.30. The average Bonchev–Trinajstić information content (AvgIpc) is 2.72. The number of hydrogen-bond donors (Lipinski definition) is 0. The van der Waals surface area contributed by atoms with Crippen LogP contribution in [-0.4, -0.2) is 46.6 Å². The lowest BCUT2D eigenvalue weighted by molar-refractivity contribution is 0.0531. The van der Waals surface area contributed by atoms with Crippen LogP contribution in [0, 0.1) is 13.8 Å². The second-order valence-corrected chi connectivity index (χ2v) is 8.22. The topological polar surface area (TPSA) is 55.3 Å². The first-order valence-corrected chi connectivity index (χ1v) is 10.3. The van der Waals surface area contributed by atoms with E-state index in [0.717, 1.165) is 46.1 Å². The van der Waals surface area contributed by atoms with Gasteiger partial charge in [-0.1, -0.05) is 0 Å². The molecule has 3 rings (SSSR count). The summed E-state index contributed by atoms with van der Waals surface area (Å²) in [5.74, 6) is 3.74. The molecule has 0 N–H and O–H groups in total. The number of thioether (sulfide) groups is 1. The van der Waals surface area contributed by atoms with Gasteiger partial charge in [0.25, 0.3) is 0 Å². The van der Waals surface area contributed by atoms with Gasteiger partial charge in [0.1, 0.15) is 21.3 Å². The van der Waals surface area contributed by atoms with E-state index >= 15 is 0 Å². The molecule has 0 aromatic carbocycles. The molecule has 0 amide bonds. The van der Waals surface area contributed by atoms with Crippen molar-refractivity contribution in [3.63, 3.8) is 0 Å². The molecule has 0 saturated carbocycles. The van der Waals surface area contributed by atoms with E-state index in [1.807, 2.05) is 32.5 Å². The van der Waals surface area contributed by atoms with Gasteiger partial charge in [0.05, 0.1) is 12.0 Å². The SMILES string of the molecule is CCOC(=O)c1sc2nc(C)nc(N3CCSCC[C@@H]3C)c2c1C. The Morgan fingerprint density at radius 1 is 1.33 bits per heavy atom. The van der Waals surface area contributed by atoms with Crippen molar-refractivity contribution in [2.75, 3.05) is 29.6 Å². The minimum atomic E-state index is -0.263. The van der Waals surface area contributed by atoms with Crippen molar-refractivity contribution in [1.82, 2.24) is 9.97 Å². The normalized spacial score (nSPS) is 18.7. The molecule has 0 aliphatic carbocycles. The first kappa shape index (κ1) is 17.5. The number of fused-ring (bicyclic) bond motifs is 1. The van der Waals surface area contributed by atoms with Crippen molar-refractivity contribution in [3.05, 3.63) is 16.3 Å². The molecular formula is C17H23N3O2S2. The molecule has 1 atom stereocenters. The number of ether oxygens (including phenoxy) is 1. The smallest absolute Gasteiger partial charge is 0.348 e. The summed E-state index contributed by atoms with van der Waals surface area (Å²) in [5.41, 5.74) is 0.938. The van der Waals surface area contributed by atoms with Crippen molar-refractivity contribution >= 4 is 45.1 Å². The monoisotopic (exact) mass is 365 g/mol. The molecule has 7 heteroatoms. The summed E-state index contributed by atoms with van der Waals surface area (Å²) in [6.45, 7) is 9.32. The molecule has 24 heavy (non-hydrogen) atoms. The second-order valence-electron chi connectivity index (χ2n) is 5.99. The van der Waals surface area contributed by atoms with Gasteiger partial charge < -0.3 is 9.64 Å². The van der Waals surface area contributed by atoms with Crippen molar-refractivity contribution < 1.29 is 9.53 Å². The van der Waals surface area contributed by atoms with Crippen LogP contribution in [0.25, 0.3) is 10.2 Å². The van der Waals surface area contributed by atoms with Gasteiger partial charge in [-0.25, -0.2) is 14.8 Å². The minimum Gasteiger partial charge on any atom is -0.462 e. The van der Waals surface area contributed by atoms with Crippen LogP contribution in [0.5, 0.6) is 0 Å². The molecule has 0 bridgehead atoms. The van der Waals surface area contributed by atoms with Crippen molar-refractivity contribution in [2.24, 2.45) is 0 Å². The highest BCUT2D eigenvalue weighted by molar-refractivity contribution is 7.99. The molecule has 0 spiro atoms. The fraction of sp³-hybridized carbons (Fsp3) is 0.588. The van der Waals surface area contributed by atoms with Crippen molar-refractivity contribution in [3.8, 4) is 0 Å². The van der Waals surface area contributed by atoms with E-state index in [2.05, 4.69) is 16.8 Å². The summed E-state index contributed by atoms with van der Waals surface area (Å²) in [4.78, 5) is 25.5. The van der Waals surface area contributed by atoms with Gasteiger partial charge in [-0.2, -0.15) is 11.8 Å². The van der Waals surface area contributed by atoms with E-state index in [1.54, 1.807) is 0 Å². The number of aromatic nitrogens is 2. The maximum Gasteiger partial charge on any atom is 0.348 e. The van der Waals surface area contributed by atoms with Gasteiger partial charge >= 0.3 is 5.97 Å². The highest BCUT2D eigenvalue weighted by Crippen LogP contribution is 2.37. The highest BCUT2D eigenvalue weighted by Gasteiger charge is 2.26. The van der Waals surface area contributed by atoms with E-state index in [0.29, 0.717) is 17.5 Å². The molecule has 3 heterocycles. The fourth-order valence-corrected chi connectivity index (χ4v) is 5.18. The summed E-state index contributed by atoms with van der Waals surface area (Å²) >= 11 is 3.41. The molecule has 0 radical (unpaired) electrons. The lowest BCUT2D eigenvalue weighted by atomic mass is 10.1. The number of nitrogens with zero attached hydrogens (tertiary/aromatic N) is 3. The van der Waals surface area contributed by atoms with Crippen LogP contribution in [0.3, 0.4) is 0 Å². The quantitative estimate of drug-likeness (QED) is 0.771. The van der Waals surface area contributed by atoms with Crippen LogP contribution >= 0.6 is 23.1 Å². The second kappa shape index (κ2) is 7.27. The Bertz CT molecular complexity index is 760. The number of anilines is 1. The van der Waals surface area contributed by atoms with E-state index in [1.165, 1.54) is 17.1 Å². The van der Waals surface area contributed by atoms with Gasteiger partial charge in [-0.05, 0) is 45.4 Å². The maximum absolute atomic E-state index is 12.3. The molecule has 2 aromatic rings. The maximum atomic E-state index is 12.3. The molecular weight excluding hydrogens is 342 g/mol. The van der Waals surface area contributed by atoms with Crippen LogP contribution < -0.4 is 4.90 Å². The zero-order valence-corrected chi connectivity index (χ0v) is 16.2. The zero-order valence-electron chi connectivity index (χ0n) is 14.6. The van der Waals surface area contributed by atoms with E-state index in [9.17, 15) is 4.79 Å². The Morgan fingerprint density at radius 3 is 2.88 bits per heavy atom. The lowest BCUT2D eigenvalue weighted by Gasteiger charge is -2.29. The summed E-state index contributed by atoms with van der Waals surface area (Å²) < 4.78 is 5.20. The average molecular weight is 366 g/mol. The number of thiophene rings is 1. The van der Waals surface area contributed by atoms with Gasteiger partial charge in [0, 0.05) is 18.3 Å². The lowest BCUT2D eigenvalue weighted by Crippen LogP contribution is -2.34. The third-order valence-corrected chi connectivity index (χ3v) is 6.47. The van der Waals surface area contributed by atoms with Gasteiger partial charge in [0.15, 0.2) is 0 Å². The number of carbonyl (C=O) groups is 1. The van der Waals surface area contributed by atoms with E-state index in [4.69, 9.17) is 9.72 Å². The Kier molecular flexibility index (Phi) is 5.30. The minimum absolute atomic E-state index is 0.263. The molecule has 1 aliphatic heterocycles. The highest BCUT2D eigenvalue weighted by atomic mass is 32.2. The first-order valence-electron chi connectivity index (χ1n) is 8.32. The van der Waals surface area contributed by atoms with Gasteiger partial charge in [-0.15, -0.1) is 11.3 Å². The predicted octanol–water partition coefficient (Wildman–Crippen LogP) is 3.82. The zero-order chi connectivity index (χ0) is 17.3. The summed E-state index contributed by atoms with van der Waals surface area (Å²) in [6, 6.07) is 0.433. The molecule has 2 aromatic heterocycles. The number of hydrogen-bond acceptors (Lipinski definition) is 7. The number of rotatable bonds is 3.